The molecule has 2 unspecified atom stereocenters. The smallest absolute Gasteiger partial charge is 0.130 e. The van der Waals surface area contributed by atoms with Gasteiger partial charge in [0.15, 0.2) is 0 Å². The molecule has 108 valence electrons. The van der Waals surface area contributed by atoms with E-state index in [0.29, 0.717) is 18.8 Å². The van der Waals surface area contributed by atoms with Gasteiger partial charge in [-0.3, -0.25) is 0 Å². The first kappa shape index (κ1) is 14.6. The monoisotopic (exact) mass is 267 g/mol. The molecule has 2 atom stereocenters. The summed E-state index contributed by atoms with van der Waals surface area (Å²) < 4.78 is 17.1. The van der Waals surface area contributed by atoms with E-state index in [4.69, 9.17) is 13.9 Å². The SMILES string of the molecule is CNCc1cc(COC2CCCC(OC)C2)oc1C. The lowest BCUT2D eigenvalue weighted by Gasteiger charge is -2.27. The minimum absolute atomic E-state index is 0.303. The molecule has 0 saturated heterocycles. The standard InChI is InChI=1S/C15H25NO3/c1-11-12(9-16-2)7-15(19-11)10-18-14-6-4-5-13(8-14)17-3/h7,13-14,16H,4-6,8-10H2,1-3H3. The number of ether oxygens (including phenoxy) is 2. The van der Waals surface area contributed by atoms with Crippen molar-refractivity contribution in [1.29, 1.82) is 0 Å². The molecule has 1 heterocycles. The van der Waals surface area contributed by atoms with Crippen LogP contribution in [-0.4, -0.2) is 26.4 Å². The molecular formula is C15H25NO3. The highest BCUT2D eigenvalue weighted by Crippen LogP contribution is 2.24. The molecule has 1 fully saturated rings. The molecule has 0 aliphatic heterocycles. The van der Waals surface area contributed by atoms with Crippen LogP contribution in [0.4, 0.5) is 0 Å². The molecule has 0 spiro atoms. The van der Waals surface area contributed by atoms with E-state index in [2.05, 4.69) is 11.4 Å². The second-order valence-electron chi connectivity index (χ2n) is 5.28. The van der Waals surface area contributed by atoms with Gasteiger partial charge in [-0.05, 0) is 45.7 Å². The van der Waals surface area contributed by atoms with Gasteiger partial charge in [0.1, 0.15) is 18.1 Å². The first-order valence-electron chi connectivity index (χ1n) is 7.10. The third-order valence-electron chi connectivity index (χ3n) is 3.81. The summed E-state index contributed by atoms with van der Waals surface area (Å²) in [6.45, 7) is 3.40. The van der Waals surface area contributed by atoms with Crippen LogP contribution in [0.1, 0.15) is 42.8 Å². The lowest BCUT2D eigenvalue weighted by atomic mass is 9.95. The number of hydrogen-bond donors (Lipinski definition) is 1. The van der Waals surface area contributed by atoms with E-state index in [1.165, 1.54) is 12.0 Å². The van der Waals surface area contributed by atoms with Gasteiger partial charge in [0.2, 0.25) is 0 Å². The Morgan fingerprint density at radius 1 is 1.37 bits per heavy atom. The Kier molecular flexibility index (Phi) is 5.43. The topological polar surface area (TPSA) is 43.6 Å². The van der Waals surface area contributed by atoms with Crippen molar-refractivity contribution >= 4 is 0 Å². The van der Waals surface area contributed by atoms with E-state index in [9.17, 15) is 0 Å². The van der Waals surface area contributed by atoms with Crippen LogP contribution < -0.4 is 5.32 Å². The van der Waals surface area contributed by atoms with Gasteiger partial charge in [-0.1, -0.05) is 0 Å². The summed E-state index contributed by atoms with van der Waals surface area (Å²) in [7, 11) is 3.72. The van der Waals surface area contributed by atoms with Gasteiger partial charge in [-0.2, -0.15) is 0 Å². The maximum atomic E-state index is 5.95. The average Bonchev–Trinajstić information content (AvgIpc) is 2.78. The van der Waals surface area contributed by atoms with Crippen LogP contribution in [0, 0.1) is 6.92 Å². The Morgan fingerprint density at radius 2 is 2.16 bits per heavy atom. The summed E-state index contributed by atoms with van der Waals surface area (Å²) >= 11 is 0. The highest BCUT2D eigenvalue weighted by atomic mass is 16.5. The van der Waals surface area contributed by atoms with Crippen LogP contribution in [0.15, 0.2) is 10.5 Å². The number of nitrogens with one attached hydrogen (secondary N) is 1. The second kappa shape index (κ2) is 7.08. The summed E-state index contributed by atoms with van der Waals surface area (Å²) in [5, 5.41) is 3.14. The van der Waals surface area contributed by atoms with E-state index < -0.39 is 0 Å². The summed E-state index contributed by atoms with van der Waals surface area (Å²) in [5.74, 6) is 1.90. The molecule has 19 heavy (non-hydrogen) atoms. The molecule has 0 amide bonds. The van der Waals surface area contributed by atoms with E-state index in [0.717, 1.165) is 37.3 Å². The fourth-order valence-corrected chi connectivity index (χ4v) is 2.69. The first-order chi connectivity index (χ1) is 9.22. The van der Waals surface area contributed by atoms with Crippen molar-refractivity contribution < 1.29 is 13.9 Å². The molecule has 0 aromatic carbocycles. The Bertz CT molecular complexity index is 389. The summed E-state index contributed by atoms with van der Waals surface area (Å²) in [6.07, 6.45) is 5.13. The number of hydrogen-bond acceptors (Lipinski definition) is 4. The van der Waals surface area contributed by atoms with Gasteiger partial charge in [-0.15, -0.1) is 0 Å². The van der Waals surface area contributed by atoms with Crippen LogP contribution in [0.25, 0.3) is 0 Å². The van der Waals surface area contributed by atoms with Crippen molar-refractivity contribution in [2.75, 3.05) is 14.2 Å². The van der Waals surface area contributed by atoms with Gasteiger partial charge < -0.3 is 19.2 Å². The largest absolute Gasteiger partial charge is 0.464 e. The van der Waals surface area contributed by atoms with Crippen LogP contribution in [0.3, 0.4) is 0 Å². The molecule has 1 saturated carbocycles. The zero-order chi connectivity index (χ0) is 13.7. The van der Waals surface area contributed by atoms with Gasteiger partial charge in [0, 0.05) is 19.2 Å². The van der Waals surface area contributed by atoms with Crippen molar-refractivity contribution in [3.63, 3.8) is 0 Å². The Labute approximate surface area is 115 Å². The first-order valence-corrected chi connectivity index (χ1v) is 7.10. The fourth-order valence-electron chi connectivity index (χ4n) is 2.69. The van der Waals surface area contributed by atoms with Crippen molar-refractivity contribution in [1.82, 2.24) is 5.32 Å². The van der Waals surface area contributed by atoms with Crippen molar-refractivity contribution in [2.24, 2.45) is 0 Å². The summed E-state index contributed by atoms with van der Waals surface area (Å²) in [5.41, 5.74) is 1.21. The van der Waals surface area contributed by atoms with Gasteiger partial charge in [0.05, 0.1) is 12.2 Å². The molecule has 1 aromatic rings. The Hall–Kier alpha value is -0.840. The second-order valence-corrected chi connectivity index (χ2v) is 5.28. The minimum atomic E-state index is 0.303. The quantitative estimate of drug-likeness (QED) is 0.860. The predicted octanol–water partition coefficient (Wildman–Crippen LogP) is 2.78. The summed E-state index contributed by atoms with van der Waals surface area (Å²) in [4.78, 5) is 0. The van der Waals surface area contributed by atoms with Gasteiger partial charge >= 0.3 is 0 Å². The predicted molar refractivity (Wildman–Crippen MR) is 74.1 cm³/mol. The zero-order valence-electron chi connectivity index (χ0n) is 12.2. The van der Waals surface area contributed by atoms with Crippen LogP contribution >= 0.6 is 0 Å². The van der Waals surface area contributed by atoms with Gasteiger partial charge in [-0.25, -0.2) is 0 Å². The van der Waals surface area contributed by atoms with E-state index in [1.54, 1.807) is 7.11 Å². The van der Waals surface area contributed by atoms with Gasteiger partial charge in [0.25, 0.3) is 0 Å². The summed E-state index contributed by atoms with van der Waals surface area (Å²) in [6, 6.07) is 2.09. The van der Waals surface area contributed by atoms with Crippen molar-refractivity contribution in [3.8, 4) is 0 Å². The Balaban J connectivity index is 1.83. The lowest BCUT2D eigenvalue weighted by Crippen LogP contribution is -2.27. The molecule has 4 heteroatoms. The van der Waals surface area contributed by atoms with E-state index >= 15 is 0 Å². The molecule has 1 aliphatic carbocycles. The number of methoxy groups -OCH3 is 1. The highest BCUT2D eigenvalue weighted by Gasteiger charge is 2.22. The molecule has 0 bridgehead atoms. The third kappa shape index (κ3) is 4.06. The third-order valence-corrected chi connectivity index (χ3v) is 3.81. The normalized spacial score (nSPS) is 23.7. The number of aryl methyl sites for hydroxylation is 1. The zero-order valence-corrected chi connectivity index (χ0v) is 12.2. The van der Waals surface area contributed by atoms with Crippen molar-refractivity contribution in [2.45, 2.75) is 58.0 Å². The number of rotatable bonds is 6. The highest BCUT2D eigenvalue weighted by molar-refractivity contribution is 5.20. The van der Waals surface area contributed by atoms with Crippen LogP contribution in [-0.2, 0) is 22.6 Å². The number of furan rings is 1. The molecule has 1 aromatic heterocycles. The maximum Gasteiger partial charge on any atom is 0.130 e. The molecule has 1 N–H and O–H groups in total. The van der Waals surface area contributed by atoms with E-state index in [-0.39, 0.29) is 0 Å². The molecule has 2 rings (SSSR count). The fraction of sp³-hybridized carbons (Fsp3) is 0.733. The average molecular weight is 267 g/mol. The molecule has 4 nitrogen and oxygen atoms in total. The van der Waals surface area contributed by atoms with E-state index in [1.807, 2.05) is 14.0 Å². The van der Waals surface area contributed by atoms with Crippen molar-refractivity contribution in [3.05, 3.63) is 23.2 Å². The van der Waals surface area contributed by atoms with Crippen LogP contribution in [0.2, 0.25) is 0 Å². The lowest BCUT2D eigenvalue weighted by molar-refractivity contribution is -0.0406. The molecular weight excluding hydrogens is 242 g/mol. The maximum absolute atomic E-state index is 5.95. The molecule has 1 aliphatic rings. The minimum Gasteiger partial charge on any atom is -0.464 e. The van der Waals surface area contributed by atoms with Crippen LogP contribution in [0.5, 0.6) is 0 Å². The molecule has 0 radical (unpaired) electrons. The Morgan fingerprint density at radius 3 is 2.89 bits per heavy atom.